The van der Waals surface area contributed by atoms with Gasteiger partial charge in [-0.1, -0.05) is 19.8 Å². The fourth-order valence-electron chi connectivity index (χ4n) is 1.62. The van der Waals surface area contributed by atoms with Crippen molar-refractivity contribution >= 4 is 25.7 Å². The molecule has 0 aromatic carbocycles. The standard InChI is InChI=1S/C14H26NO10P/c1-3-4-5-6-13(18)15-12(14(19)20)9-25-26(21,22)24-8-11(17)7-23-10(2)16/h11-12,17H,3-9H2,1-2H3,(H,15,18)(H,19,20)(H,21,22). The van der Waals surface area contributed by atoms with E-state index in [1.807, 2.05) is 6.92 Å². The first-order valence-corrected chi connectivity index (χ1v) is 9.52. The zero-order valence-electron chi connectivity index (χ0n) is 14.8. The first-order valence-electron chi connectivity index (χ1n) is 8.02. The third-order valence-electron chi connectivity index (χ3n) is 2.95. The number of phosphoric ester groups is 1. The molecule has 4 N–H and O–H groups in total. The maximum Gasteiger partial charge on any atom is 0.472 e. The smallest absolute Gasteiger partial charge is 0.472 e. The number of unbranched alkanes of at least 4 members (excludes halogenated alkanes) is 2. The lowest BCUT2D eigenvalue weighted by molar-refractivity contribution is -0.144. The van der Waals surface area contributed by atoms with Crippen LogP contribution in [0.5, 0.6) is 0 Å². The summed E-state index contributed by atoms with van der Waals surface area (Å²) in [6.45, 7) is 1.15. The minimum atomic E-state index is -4.67. The number of aliphatic hydroxyl groups excluding tert-OH is 1. The highest BCUT2D eigenvalue weighted by atomic mass is 31.2. The molecule has 0 fully saturated rings. The van der Waals surface area contributed by atoms with Crippen molar-refractivity contribution in [2.45, 2.75) is 51.7 Å². The molecule has 0 heterocycles. The molecule has 3 atom stereocenters. The highest BCUT2D eigenvalue weighted by Gasteiger charge is 2.28. The Morgan fingerprint density at radius 3 is 2.27 bits per heavy atom. The van der Waals surface area contributed by atoms with Gasteiger partial charge in [-0.15, -0.1) is 0 Å². The third-order valence-corrected chi connectivity index (χ3v) is 3.90. The number of carboxylic acids is 1. The van der Waals surface area contributed by atoms with Crippen molar-refractivity contribution in [2.75, 3.05) is 19.8 Å². The maximum atomic E-state index is 11.7. The molecule has 0 spiro atoms. The first kappa shape index (κ1) is 24.5. The molecule has 152 valence electrons. The van der Waals surface area contributed by atoms with Crippen LogP contribution in [-0.4, -0.2) is 64.9 Å². The molecule has 0 aliphatic rings. The lowest BCUT2D eigenvalue weighted by Crippen LogP contribution is -2.43. The van der Waals surface area contributed by atoms with E-state index >= 15 is 0 Å². The van der Waals surface area contributed by atoms with E-state index in [0.717, 1.165) is 19.8 Å². The van der Waals surface area contributed by atoms with Gasteiger partial charge >= 0.3 is 19.8 Å². The van der Waals surface area contributed by atoms with Crippen LogP contribution >= 0.6 is 7.82 Å². The number of hydrogen-bond acceptors (Lipinski definition) is 8. The van der Waals surface area contributed by atoms with Crippen LogP contribution in [0.4, 0.5) is 0 Å². The summed E-state index contributed by atoms with van der Waals surface area (Å²) in [5.74, 6) is -2.60. The second-order valence-corrected chi connectivity index (χ2v) is 6.89. The molecule has 0 aromatic rings. The Balaban J connectivity index is 4.35. The Hall–Kier alpha value is -1.52. The number of carboxylic acid groups (broad SMARTS) is 1. The molecule has 0 aliphatic carbocycles. The van der Waals surface area contributed by atoms with Crippen molar-refractivity contribution in [1.29, 1.82) is 0 Å². The van der Waals surface area contributed by atoms with E-state index in [0.29, 0.717) is 6.42 Å². The number of ether oxygens (including phenoxy) is 1. The summed E-state index contributed by atoms with van der Waals surface area (Å²) in [4.78, 5) is 42.8. The molecule has 0 aromatic heterocycles. The zero-order chi connectivity index (χ0) is 20.2. The highest BCUT2D eigenvalue weighted by molar-refractivity contribution is 7.47. The van der Waals surface area contributed by atoms with E-state index in [9.17, 15) is 28.9 Å². The van der Waals surface area contributed by atoms with Crippen molar-refractivity contribution in [1.82, 2.24) is 5.32 Å². The minimum absolute atomic E-state index is 0.132. The van der Waals surface area contributed by atoms with Gasteiger partial charge in [-0.05, 0) is 6.42 Å². The third kappa shape index (κ3) is 12.8. The van der Waals surface area contributed by atoms with Crippen LogP contribution in [0, 0.1) is 0 Å². The summed E-state index contributed by atoms with van der Waals surface area (Å²) < 4.78 is 25.2. The van der Waals surface area contributed by atoms with E-state index in [1.54, 1.807) is 0 Å². The van der Waals surface area contributed by atoms with Gasteiger partial charge in [0.2, 0.25) is 5.91 Å². The fourth-order valence-corrected chi connectivity index (χ4v) is 2.40. The predicted octanol–water partition coefficient (Wildman–Crippen LogP) is 0.194. The van der Waals surface area contributed by atoms with Gasteiger partial charge in [0, 0.05) is 13.3 Å². The van der Waals surface area contributed by atoms with Crippen LogP contribution in [0.1, 0.15) is 39.5 Å². The number of carbonyl (C=O) groups is 3. The van der Waals surface area contributed by atoms with Crippen molar-refractivity contribution < 1.29 is 47.8 Å². The molecule has 0 saturated carbocycles. The van der Waals surface area contributed by atoms with Gasteiger partial charge in [0.15, 0.2) is 6.04 Å². The molecular weight excluding hydrogens is 373 g/mol. The van der Waals surface area contributed by atoms with Crippen molar-refractivity contribution in [3.05, 3.63) is 0 Å². The number of aliphatic carboxylic acids is 1. The molecule has 0 radical (unpaired) electrons. The second kappa shape index (κ2) is 12.8. The minimum Gasteiger partial charge on any atom is -0.480 e. The summed E-state index contributed by atoms with van der Waals surface area (Å²) in [6, 6.07) is -1.53. The largest absolute Gasteiger partial charge is 0.480 e. The number of aliphatic hydroxyl groups is 1. The summed E-state index contributed by atoms with van der Waals surface area (Å²) in [5.41, 5.74) is 0. The van der Waals surface area contributed by atoms with Crippen molar-refractivity contribution in [3.63, 3.8) is 0 Å². The Morgan fingerprint density at radius 2 is 1.73 bits per heavy atom. The molecule has 1 amide bonds. The summed E-state index contributed by atoms with van der Waals surface area (Å²) >= 11 is 0. The van der Waals surface area contributed by atoms with E-state index in [2.05, 4.69) is 19.1 Å². The fraction of sp³-hybridized carbons (Fsp3) is 0.786. The van der Waals surface area contributed by atoms with E-state index in [1.165, 1.54) is 0 Å². The van der Waals surface area contributed by atoms with Crippen molar-refractivity contribution in [3.8, 4) is 0 Å². The summed E-state index contributed by atoms with van der Waals surface area (Å²) in [7, 11) is -4.67. The van der Waals surface area contributed by atoms with E-state index < -0.39 is 57.6 Å². The van der Waals surface area contributed by atoms with Gasteiger partial charge in [-0.3, -0.25) is 18.6 Å². The number of esters is 1. The van der Waals surface area contributed by atoms with E-state index in [-0.39, 0.29) is 6.42 Å². The van der Waals surface area contributed by atoms with Crippen LogP contribution in [0.25, 0.3) is 0 Å². The predicted molar refractivity (Wildman–Crippen MR) is 88.1 cm³/mol. The average Bonchev–Trinajstić information content (AvgIpc) is 2.55. The topological polar surface area (TPSA) is 169 Å². The van der Waals surface area contributed by atoms with Gasteiger partial charge in [-0.25, -0.2) is 9.36 Å². The molecule has 0 bridgehead atoms. The second-order valence-electron chi connectivity index (χ2n) is 5.43. The van der Waals surface area contributed by atoms with Gasteiger partial charge in [-0.2, -0.15) is 0 Å². The Morgan fingerprint density at radius 1 is 1.12 bits per heavy atom. The molecule has 3 unspecified atom stereocenters. The average molecular weight is 399 g/mol. The lowest BCUT2D eigenvalue weighted by atomic mass is 10.2. The summed E-state index contributed by atoms with van der Waals surface area (Å²) in [6.07, 6.45) is 1.07. The maximum absolute atomic E-state index is 11.7. The van der Waals surface area contributed by atoms with Gasteiger partial charge in [0.1, 0.15) is 12.7 Å². The molecule has 11 nitrogen and oxygen atoms in total. The number of phosphoric acid groups is 1. The number of rotatable bonds is 14. The van der Waals surface area contributed by atoms with Crippen LogP contribution in [0.3, 0.4) is 0 Å². The lowest BCUT2D eigenvalue weighted by Gasteiger charge is -2.18. The van der Waals surface area contributed by atoms with Crippen LogP contribution in [0.15, 0.2) is 0 Å². The monoisotopic (exact) mass is 399 g/mol. The highest BCUT2D eigenvalue weighted by Crippen LogP contribution is 2.43. The Kier molecular flexibility index (Phi) is 12.0. The van der Waals surface area contributed by atoms with E-state index in [4.69, 9.17) is 5.11 Å². The molecule has 0 aliphatic heterocycles. The number of amides is 1. The normalized spacial score (nSPS) is 15.5. The molecule has 0 saturated heterocycles. The Bertz CT molecular complexity index is 512. The number of hydrogen-bond donors (Lipinski definition) is 4. The quantitative estimate of drug-likeness (QED) is 0.180. The Labute approximate surface area is 151 Å². The van der Waals surface area contributed by atoms with Gasteiger partial charge < -0.3 is 25.2 Å². The van der Waals surface area contributed by atoms with Gasteiger partial charge in [0.05, 0.1) is 13.2 Å². The molecule has 26 heavy (non-hydrogen) atoms. The van der Waals surface area contributed by atoms with Crippen LogP contribution in [0.2, 0.25) is 0 Å². The molecular formula is C14H26NO10P. The summed E-state index contributed by atoms with van der Waals surface area (Å²) in [5, 5.41) is 20.6. The zero-order valence-corrected chi connectivity index (χ0v) is 15.6. The number of carbonyl (C=O) groups excluding carboxylic acids is 2. The van der Waals surface area contributed by atoms with Crippen LogP contribution < -0.4 is 5.32 Å². The number of nitrogens with one attached hydrogen (secondary N) is 1. The molecule has 0 rings (SSSR count). The van der Waals surface area contributed by atoms with Crippen LogP contribution in [-0.2, 0) is 32.7 Å². The SMILES string of the molecule is CCCCCC(=O)NC(COP(=O)(O)OCC(O)COC(C)=O)C(=O)O. The van der Waals surface area contributed by atoms with Gasteiger partial charge in [0.25, 0.3) is 0 Å². The first-order chi connectivity index (χ1) is 12.1. The van der Waals surface area contributed by atoms with Crippen molar-refractivity contribution in [2.24, 2.45) is 0 Å². The molecule has 12 heteroatoms.